The lowest BCUT2D eigenvalue weighted by Crippen LogP contribution is -2.14. The number of thiazole rings is 1. The summed E-state index contributed by atoms with van der Waals surface area (Å²) >= 11 is 2.59. The average molecular weight is 499 g/mol. The number of hydrogen-bond donors (Lipinski definition) is 1. The van der Waals surface area contributed by atoms with Crippen molar-refractivity contribution in [2.45, 2.75) is 5.16 Å². The van der Waals surface area contributed by atoms with Crippen molar-refractivity contribution in [3.8, 4) is 33.8 Å². The summed E-state index contributed by atoms with van der Waals surface area (Å²) in [5.74, 6) is -0.369. The van der Waals surface area contributed by atoms with Crippen LogP contribution < -0.4 is 5.32 Å². The zero-order valence-corrected chi connectivity index (χ0v) is 20.0. The Labute approximate surface area is 210 Å². The lowest BCUT2D eigenvalue weighted by atomic mass is 10.1. The summed E-state index contributed by atoms with van der Waals surface area (Å²) < 4.78 is 13.2. The highest BCUT2D eigenvalue weighted by Crippen LogP contribution is 2.28. The van der Waals surface area contributed by atoms with Crippen LogP contribution in [0.2, 0.25) is 0 Å². The highest BCUT2D eigenvalue weighted by atomic mass is 32.2. The Balaban J connectivity index is 1.31. The van der Waals surface area contributed by atoms with Gasteiger partial charge in [-0.25, -0.2) is 19.3 Å². The van der Waals surface area contributed by atoms with Crippen molar-refractivity contribution in [1.82, 2.24) is 15.0 Å². The molecule has 5 rings (SSSR count). The van der Waals surface area contributed by atoms with Gasteiger partial charge in [-0.05, 0) is 30.3 Å². The molecular formula is C27H19FN4OS2. The lowest BCUT2D eigenvalue weighted by molar-refractivity contribution is -0.113. The average Bonchev–Trinajstić information content (AvgIpc) is 3.37. The van der Waals surface area contributed by atoms with Crippen LogP contribution in [0.5, 0.6) is 0 Å². The molecular weight excluding hydrogens is 479 g/mol. The number of benzene rings is 3. The maximum atomic E-state index is 13.2. The van der Waals surface area contributed by atoms with Crippen molar-refractivity contribution < 1.29 is 9.18 Å². The summed E-state index contributed by atoms with van der Waals surface area (Å²) in [5.41, 5.74) is 5.03. The molecule has 0 atom stereocenters. The summed E-state index contributed by atoms with van der Waals surface area (Å²) in [5, 5.41) is 5.66. The minimum Gasteiger partial charge on any atom is -0.301 e. The maximum absolute atomic E-state index is 13.2. The van der Waals surface area contributed by atoms with Crippen LogP contribution in [-0.4, -0.2) is 26.6 Å². The molecule has 8 heteroatoms. The molecule has 35 heavy (non-hydrogen) atoms. The Bertz CT molecular complexity index is 1380. The van der Waals surface area contributed by atoms with Gasteiger partial charge in [0.15, 0.2) is 10.3 Å². The third kappa shape index (κ3) is 5.79. The third-order valence-corrected chi connectivity index (χ3v) is 6.67. The number of hydrogen-bond acceptors (Lipinski definition) is 6. The smallest absolute Gasteiger partial charge is 0.236 e. The van der Waals surface area contributed by atoms with Crippen molar-refractivity contribution >= 4 is 34.1 Å². The number of nitrogens with zero attached hydrogens (tertiary/aromatic N) is 3. The Hall–Kier alpha value is -3.88. The van der Waals surface area contributed by atoms with E-state index in [0.717, 1.165) is 28.1 Å². The van der Waals surface area contributed by atoms with E-state index in [1.165, 1.54) is 35.2 Å². The van der Waals surface area contributed by atoms with Crippen LogP contribution >= 0.6 is 23.1 Å². The van der Waals surface area contributed by atoms with Crippen LogP contribution in [0.15, 0.2) is 102 Å². The first kappa shape index (κ1) is 22.9. The van der Waals surface area contributed by atoms with Gasteiger partial charge >= 0.3 is 0 Å². The fourth-order valence-corrected chi connectivity index (χ4v) is 4.77. The minimum atomic E-state index is -0.302. The topological polar surface area (TPSA) is 67.8 Å². The van der Waals surface area contributed by atoms with E-state index in [2.05, 4.69) is 20.3 Å². The number of carbonyl (C=O) groups is 1. The van der Waals surface area contributed by atoms with Gasteiger partial charge in [-0.2, -0.15) is 0 Å². The molecule has 1 N–H and O–H groups in total. The monoisotopic (exact) mass is 498 g/mol. The second kappa shape index (κ2) is 10.6. The van der Waals surface area contributed by atoms with Gasteiger partial charge in [0.05, 0.1) is 22.8 Å². The molecule has 0 fully saturated rings. The number of thioether (sulfide) groups is 1. The second-order valence-electron chi connectivity index (χ2n) is 7.53. The van der Waals surface area contributed by atoms with Crippen LogP contribution in [-0.2, 0) is 4.79 Å². The molecule has 3 aromatic carbocycles. The van der Waals surface area contributed by atoms with Gasteiger partial charge in [-0.3, -0.25) is 4.79 Å². The molecule has 0 radical (unpaired) electrons. The Morgan fingerprint density at radius 3 is 1.94 bits per heavy atom. The molecule has 5 nitrogen and oxygen atoms in total. The summed E-state index contributed by atoms with van der Waals surface area (Å²) in [6.45, 7) is 0. The Kier molecular flexibility index (Phi) is 6.92. The molecule has 2 heterocycles. The van der Waals surface area contributed by atoms with Gasteiger partial charge in [0.2, 0.25) is 5.91 Å². The van der Waals surface area contributed by atoms with Gasteiger partial charge in [0.1, 0.15) is 5.82 Å². The zero-order chi connectivity index (χ0) is 24.0. The molecule has 0 spiro atoms. The highest BCUT2D eigenvalue weighted by molar-refractivity contribution is 7.99. The van der Waals surface area contributed by atoms with Gasteiger partial charge in [0.25, 0.3) is 0 Å². The van der Waals surface area contributed by atoms with Gasteiger partial charge in [-0.15, -0.1) is 11.3 Å². The summed E-state index contributed by atoms with van der Waals surface area (Å²) in [7, 11) is 0. The van der Waals surface area contributed by atoms with E-state index in [-0.39, 0.29) is 17.5 Å². The molecule has 5 aromatic rings. The van der Waals surface area contributed by atoms with Crippen LogP contribution in [0.1, 0.15) is 0 Å². The second-order valence-corrected chi connectivity index (χ2v) is 9.34. The van der Waals surface area contributed by atoms with E-state index < -0.39 is 0 Å². The van der Waals surface area contributed by atoms with Crippen molar-refractivity contribution in [2.24, 2.45) is 0 Å². The van der Waals surface area contributed by atoms with E-state index >= 15 is 0 Å². The van der Waals surface area contributed by atoms with Crippen molar-refractivity contribution in [3.63, 3.8) is 0 Å². The molecule has 0 aliphatic carbocycles. The quantitative estimate of drug-likeness (QED) is 0.197. The number of anilines is 1. The van der Waals surface area contributed by atoms with Crippen LogP contribution in [0.4, 0.5) is 9.52 Å². The number of carbonyl (C=O) groups excluding carboxylic acids is 1. The van der Waals surface area contributed by atoms with E-state index in [4.69, 9.17) is 0 Å². The number of amides is 1. The molecule has 1 amide bonds. The van der Waals surface area contributed by atoms with E-state index in [1.807, 2.05) is 72.1 Å². The van der Waals surface area contributed by atoms with Crippen molar-refractivity contribution in [3.05, 3.63) is 102 Å². The normalized spacial score (nSPS) is 10.8. The van der Waals surface area contributed by atoms with E-state index in [9.17, 15) is 9.18 Å². The number of aromatic nitrogens is 3. The highest BCUT2D eigenvalue weighted by Gasteiger charge is 2.13. The van der Waals surface area contributed by atoms with Gasteiger partial charge in [-0.1, -0.05) is 72.4 Å². The van der Waals surface area contributed by atoms with Crippen LogP contribution in [0.25, 0.3) is 33.8 Å². The van der Waals surface area contributed by atoms with E-state index in [0.29, 0.717) is 16.0 Å². The van der Waals surface area contributed by atoms with E-state index in [1.54, 1.807) is 12.1 Å². The summed E-state index contributed by atoms with van der Waals surface area (Å²) in [6.07, 6.45) is 0. The third-order valence-electron chi connectivity index (χ3n) is 5.07. The molecule has 0 bridgehead atoms. The fraction of sp³-hybridized carbons (Fsp3) is 0.0370. The van der Waals surface area contributed by atoms with Crippen molar-refractivity contribution in [2.75, 3.05) is 11.1 Å². The standard InChI is InChI=1S/C27H19FN4OS2/c28-21-13-11-20(12-14-21)24-16-34-27(31-24)32-25(33)17-35-26-29-22(18-7-3-1-4-8-18)15-23(30-26)19-9-5-2-6-10-19/h1-16H,17H2,(H,31,32,33). The van der Waals surface area contributed by atoms with Crippen molar-refractivity contribution in [1.29, 1.82) is 0 Å². The first-order chi connectivity index (χ1) is 17.1. The molecule has 2 aromatic heterocycles. The largest absolute Gasteiger partial charge is 0.301 e. The Morgan fingerprint density at radius 1 is 0.771 bits per heavy atom. The number of rotatable bonds is 7. The molecule has 0 aliphatic heterocycles. The Morgan fingerprint density at radius 2 is 1.34 bits per heavy atom. The SMILES string of the molecule is O=C(CSc1nc(-c2ccccc2)cc(-c2ccccc2)n1)Nc1nc(-c2ccc(F)cc2)cs1. The van der Waals surface area contributed by atoms with Gasteiger partial charge in [0, 0.05) is 22.1 Å². The number of nitrogens with one attached hydrogen (secondary N) is 1. The minimum absolute atomic E-state index is 0.137. The van der Waals surface area contributed by atoms with Crippen LogP contribution in [0, 0.1) is 5.82 Å². The lowest BCUT2D eigenvalue weighted by Gasteiger charge is -2.08. The molecule has 0 saturated carbocycles. The first-order valence-electron chi connectivity index (χ1n) is 10.8. The predicted molar refractivity (Wildman–Crippen MR) is 140 cm³/mol. The molecule has 0 unspecified atom stereocenters. The maximum Gasteiger partial charge on any atom is 0.236 e. The predicted octanol–water partition coefficient (Wildman–Crippen LogP) is 6.80. The summed E-state index contributed by atoms with van der Waals surface area (Å²) in [4.78, 5) is 26.4. The first-order valence-corrected chi connectivity index (χ1v) is 12.6. The van der Waals surface area contributed by atoms with Gasteiger partial charge < -0.3 is 5.32 Å². The number of halogens is 1. The summed E-state index contributed by atoms with van der Waals surface area (Å²) in [6, 6.07) is 27.8. The fourth-order valence-electron chi connectivity index (χ4n) is 3.37. The zero-order valence-electron chi connectivity index (χ0n) is 18.4. The molecule has 172 valence electrons. The van der Waals surface area contributed by atoms with Crippen LogP contribution in [0.3, 0.4) is 0 Å². The molecule has 0 saturated heterocycles. The molecule has 0 aliphatic rings.